The molecule has 2 aromatic heterocycles. The van der Waals surface area contributed by atoms with E-state index in [0.29, 0.717) is 5.02 Å². The normalized spacial score (nSPS) is 10.7. The summed E-state index contributed by atoms with van der Waals surface area (Å²) in [4.78, 5) is 0. The molecule has 0 saturated heterocycles. The van der Waals surface area contributed by atoms with Crippen molar-refractivity contribution in [2.75, 3.05) is 0 Å². The molecule has 0 bridgehead atoms. The van der Waals surface area contributed by atoms with Crippen molar-refractivity contribution in [1.82, 2.24) is 14.6 Å². The van der Waals surface area contributed by atoms with Gasteiger partial charge in [0, 0.05) is 6.20 Å². The van der Waals surface area contributed by atoms with E-state index in [4.69, 9.17) is 11.6 Å². The van der Waals surface area contributed by atoms with Crippen molar-refractivity contribution in [2.45, 2.75) is 0 Å². The number of fused-ring (bicyclic) bond motifs is 1. The van der Waals surface area contributed by atoms with Crippen LogP contribution in [0, 0.1) is 3.57 Å². The molecule has 11 heavy (non-hydrogen) atoms. The van der Waals surface area contributed by atoms with Gasteiger partial charge in [0.2, 0.25) is 0 Å². The molecule has 0 aliphatic heterocycles. The molecule has 0 radical (unpaired) electrons. The van der Waals surface area contributed by atoms with E-state index in [1.165, 1.54) is 0 Å². The first-order valence-electron chi connectivity index (χ1n) is 2.92. The third kappa shape index (κ3) is 1.20. The molecule has 3 nitrogen and oxygen atoms in total. The largest absolute Gasteiger partial charge is 0.287 e. The quantitative estimate of drug-likeness (QED) is 0.690. The molecule has 2 rings (SSSR count). The average molecular weight is 279 g/mol. The lowest BCUT2D eigenvalue weighted by atomic mass is 10.5. The van der Waals surface area contributed by atoms with Gasteiger partial charge in [-0.2, -0.15) is 0 Å². The van der Waals surface area contributed by atoms with E-state index in [-0.39, 0.29) is 0 Å². The minimum absolute atomic E-state index is 0.696. The van der Waals surface area contributed by atoms with Gasteiger partial charge >= 0.3 is 0 Å². The Bertz CT molecular complexity index is 398. The first-order chi connectivity index (χ1) is 5.27. The molecule has 0 aromatic carbocycles. The summed E-state index contributed by atoms with van der Waals surface area (Å²) >= 11 is 7.97. The summed E-state index contributed by atoms with van der Waals surface area (Å²) in [6, 6.07) is 1.85. The first-order valence-corrected chi connectivity index (χ1v) is 4.37. The first kappa shape index (κ1) is 7.30. The van der Waals surface area contributed by atoms with Crippen LogP contribution < -0.4 is 0 Å². The monoisotopic (exact) mass is 279 g/mol. The molecule has 2 aromatic rings. The van der Waals surface area contributed by atoms with E-state index in [0.717, 1.165) is 9.22 Å². The molecule has 0 fully saturated rings. The zero-order valence-corrected chi connectivity index (χ0v) is 8.24. The highest BCUT2D eigenvalue weighted by molar-refractivity contribution is 14.1. The van der Waals surface area contributed by atoms with Gasteiger partial charge in [0.1, 0.15) is 6.33 Å². The summed E-state index contributed by atoms with van der Waals surface area (Å²) in [6.07, 6.45) is 3.41. The second kappa shape index (κ2) is 2.60. The molecule has 0 aliphatic carbocycles. The maximum atomic E-state index is 5.80. The molecule has 0 aliphatic rings. The van der Waals surface area contributed by atoms with Gasteiger partial charge in [0.15, 0.2) is 5.65 Å². The fourth-order valence-electron chi connectivity index (χ4n) is 0.864. The third-order valence-electron chi connectivity index (χ3n) is 1.31. The summed E-state index contributed by atoms with van der Waals surface area (Å²) in [6.45, 7) is 0. The van der Waals surface area contributed by atoms with Crippen molar-refractivity contribution in [3.05, 3.63) is 27.2 Å². The average Bonchev–Trinajstić information content (AvgIpc) is 2.34. The van der Waals surface area contributed by atoms with Crippen LogP contribution in [0.5, 0.6) is 0 Å². The maximum absolute atomic E-state index is 5.80. The van der Waals surface area contributed by atoms with E-state index in [2.05, 4.69) is 32.8 Å². The molecule has 2 heterocycles. The Morgan fingerprint density at radius 2 is 2.36 bits per heavy atom. The van der Waals surface area contributed by atoms with Gasteiger partial charge in [0.25, 0.3) is 0 Å². The number of pyridine rings is 1. The molecule has 0 saturated carbocycles. The van der Waals surface area contributed by atoms with Crippen LogP contribution in [0.2, 0.25) is 5.02 Å². The van der Waals surface area contributed by atoms with Gasteiger partial charge in [-0.15, -0.1) is 10.2 Å². The SMILES string of the molecule is Clc1cc(I)c2nncn2c1. The molecule has 5 heteroatoms. The Morgan fingerprint density at radius 1 is 1.55 bits per heavy atom. The van der Waals surface area contributed by atoms with Crippen LogP contribution in [0.3, 0.4) is 0 Å². The highest BCUT2D eigenvalue weighted by atomic mass is 127. The molecule has 56 valence electrons. The van der Waals surface area contributed by atoms with E-state index >= 15 is 0 Å². The van der Waals surface area contributed by atoms with Gasteiger partial charge in [-0.3, -0.25) is 4.40 Å². The molecule has 0 amide bonds. The number of nitrogens with zero attached hydrogens (tertiary/aromatic N) is 3. The third-order valence-corrected chi connectivity index (χ3v) is 2.31. The smallest absolute Gasteiger partial charge is 0.174 e. The number of rotatable bonds is 0. The summed E-state index contributed by atoms with van der Waals surface area (Å²) in [5.41, 5.74) is 0.843. The van der Waals surface area contributed by atoms with Crippen LogP contribution in [-0.4, -0.2) is 14.6 Å². The Balaban J connectivity index is 2.91. The second-order valence-electron chi connectivity index (χ2n) is 2.07. The second-order valence-corrected chi connectivity index (χ2v) is 3.67. The van der Waals surface area contributed by atoms with Crippen LogP contribution in [0.15, 0.2) is 18.6 Å². The van der Waals surface area contributed by atoms with Crippen molar-refractivity contribution < 1.29 is 0 Å². The zero-order valence-electron chi connectivity index (χ0n) is 5.33. The summed E-state index contributed by atoms with van der Waals surface area (Å²) < 4.78 is 2.80. The van der Waals surface area contributed by atoms with Crippen molar-refractivity contribution in [2.24, 2.45) is 0 Å². The topological polar surface area (TPSA) is 30.2 Å². The van der Waals surface area contributed by atoms with Gasteiger partial charge in [-0.25, -0.2) is 0 Å². The van der Waals surface area contributed by atoms with E-state index in [1.807, 2.05) is 6.07 Å². The Labute approximate surface area is 81.5 Å². The lowest BCUT2D eigenvalue weighted by Gasteiger charge is -1.94. The minimum atomic E-state index is 0.696. The Kier molecular flexibility index (Phi) is 1.72. The fraction of sp³-hybridized carbons (Fsp3) is 0. The summed E-state index contributed by atoms with van der Waals surface area (Å²) in [5, 5.41) is 8.35. The molecule has 0 unspecified atom stereocenters. The van der Waals surface area contributed by atoms with Crippen molar-refractivity contribution >= 4 is 39.8 Å². The van der Waals surface area contributed by atoms with Gasteiger partial charge in [-0.05, 0) is 28.7 Å². The Morgan fingerprint density at radius 3 is 3.18 bits per heavy atom. The molecular formula is C6H3ClIN3. The number of hydrogen-bond donors (Lipinski definition) is 0. The van der Waals surface area contributed by atoms with Crippen LogP contribution in [0.25, 0.3) is 5.65 Å². The van der Waals surface area contributed by atoms with E-state index < -0.39 is 0 Å². The van der Waals surface area contributed by atoms with Crippen molar-refractivity contribution in [3.63, 3.8) is 0 Å². The van der Waals surface area contributed by atoms with Crippen LogP contribution in [-0.2, 0) is 0 Å². The van der Waals surface area contributed by atoms with Crippen molar-refractivity contribution in [3.8, 4) is 0 Å². The lowest BCUT2D eigenvalue weighted by molar-refractivity contribution is 1.10. The molecule has 0 N–H and O–H groups in total. The number of hydrogen-bond acceptors (Lipinski definition) is 2. The summed E-state index contributed by atoms with van der Waals surface area (Å²) in [7, 11) is 0. The molecule has 0 atom stereocenters. The van der Waals surface area contributed by atoms with E-state index in [9.17, 15) is 0 Å². The zero-order chi connectivity index (χ0) is 7.84. The van der Waals surface area contributed by atoms with Gasteiger partial charge in [0.05, 0.1) is 8.59 Å². The number of halogens is 2. The van der Waals surface area contributed by atoms with Crippen LogP contribution >= 0.6 is 34.2 Å². The predicted octanol–water partition coefficient (Wildman–Crippen LogP) is 1.99. The minimum Gasteiger partial charge on any atom is -0.287 e. The molecular weight excluding hydrogens is 276 g/mol. The highest BCUT2D eigenvalue weighted by Gasteiger charge is 2.00. The lowest BCUT2D eigenvalue weighted by Crippen LogP contribution is -1.85. The fourth-order valence-corrected chi connectivity index (χ4v) is 1.98. The van der Waals surface area contributed by atoms with Crippen molar-refractivity contribution in [1.29, 1.82) is 0 Å². The summed E-state index contributed by atoms with van der Waals surface area (Å²) in [5.74, 6) is 0. The predicted molar refractivity (Wildman–Crippen MR) is 50.7 cm³/mol. The standard InChI is InChI=1S/C6H3ClIN3/c7-4-1-5(8)6-10-9-3-11(6)2-4/h1-3H. The van der Waals surface area contributed by atoms with Gasteiger partial charge < -0.3 is 0 Å². The van der Waals surface area contributed by atoms with Crippen LogP contribution in [0.1, 0.15) is 0 Å². The van der Waals surface area contributed by atoms with Gasteiger partial charge in [-0.1, -0.05) is 11.6 Å². The van der Waals surface area contributed by atoms with Crippen LogP contribution in [0.4, 0.5) is 0 Å². The van der Waals surface area contributed by atoms with E-state index in [1.54, 1.807) is 16.9 Å². The number of aromatic nitrogens is 3. The highest BCUT2D eigenvalue weighted by Crippen LogP contribution is 2.16. The Hall–Kier alpha value is -0.360. The maximum Gasteiger partial charge on any atom is 0.174 e. The molecule has 0 spiro atoms.